The van der Waals surface area contributed by atoms with Crippen LogP contribution in [-0.4, -0.2) is 266 Å². The fourth-order valence-corrected chi connectivity index (χ4v) is 11.5. The fourth-order valence-electron chi connectivity index (χ4n) is 11.5. The lowest BCUT2D eigenvalue weighted by molar-refractivity contribution is -0.144. The average Bonchev–Trinajstić information content (AvgIpc) is 0.854. The second-order valence-electron chi connectivity index (χ2n) is 29.7. The Bertz CT molecular complexity index is 3940. The van der Waals surface area contributed by atoms with Crippen LogP contribution in [0.15, 0.2) is 78.9 Å². The van der Waals surface area contributed by atoms with Crippen molar-refractivity contribution in [3.8, 4) is 11.5 Å². The van der Waals surface area contributed by atoms with Crippen LogP contribution < -0.4 is 97.0 Å². The SMILES string of the molecule is CC(C)C[C@H](NC(=O)[C@H](CCCCN)NC(=O)[C@@H](NC(=O)CNC(=O)[C@H](CO)NC(=O)CNC(=O)[C@H](Cc1ccccc1)NC(=O)[C@@H](NC(=O)[C@H](Cc1ccc(O)cc1)NC(=O)CNC(=O)[C@H](Cc1ccc(O)cc1)NC(=O)[C@H](CC(N)=O)NC(=O)[C@H](C)N)[C@@H](C)O)[C@@H](C)O)C(=O)N[C@H](C(=O)N[C@H](C(=O)N[C@H](C(=O)O)C(C)C)C(C)C)[C@@H](C)O. The highest BCUT2D eigenvalue weighted by atomic mass is 16.4. The van der Waals surface area contributed by atoms with Crippen LogP contribution in [0.2, 0.25) is 0 Å². The smallest absolute Gasteiger partial charge is 0.326 e. The number of hydrogen-bond acceptors (Lipinski definition) is 25. The van der Waals surface area contributed by atoms with Gasteiger partial charge in [0.15, 0.2) is 0 Å². The maximum Gasteiger partial charge on any atom is 0.326 e. The largest absolute Gasteiger partial charge is 0.508 e. The van der Waals surface area contributed by atoms with E-state index in [-0.39, 0.29) is 62.5 Å². The number of nitrogens with two attached hydrogens (primary N) is 3. The molecule has 0 saturated carbocycles. The highest BCUT2D eigenvalue weighted by Crippen LogP contribution is 2.17. The minimum atomic E-state index is -1.91. The Morgan fingerprint density at radius 1 is 0.361 bits per heavy atom. The van der Waals surface area contributed by atoms with Crippen molar-refractivity contribution in [3.05, 3.63) is 95.6 Å². The number of aliphatic hydroxyl groups is 4. The molecule has 16 amide bonds. The lowest BCUT2D eigenvalue weighted by Crippen LogP contribution is -2.62. The molecule has 28 N–H and O–H groups in total. The predicted octanol–water partition coefficient (Wildman–Crippen LogP) is -7.78. The number of unbranched alkanes of at least 4 members (excludes halogenated alkanes) is 1. The molecular weight excluding hydrogens is 1560 g/mol. The summed E-state index contributed by atoms with van der Waals surface area (Å²) >= 11 is 0. The van der Waals surface area contributed by atoms with E-state index in [1.165, 1.54) is 62.4 Å². The molecule has 0 aliphatic rings. The fraction of sp³-hybridized carbons (Fsp3) is 0.545. The number of phenols is 2. The van der Waals surface area contributed by atoms with Crippen LogP contribution in [0.4, 0.5) is 0 Å². The van der Waals surface area contributed by atoms with Gasteiger partial charge in [-0.2, -0.15) is 0 Å². The lowest BCUT2D eigenvalue weighted by Gasteiger charge is -2.30. The zero-order valence-electron chi connectivity index (χ0n) is 68.0. The summed E-state index contributed by atoms with van der Waals surface area (Å²) in [5.74, 6) is -19.8. The highest BCUT2D eigenvalue weighted by molar-refractivity contribution is 6.01. The van der Waals surface area contributed by atoms with Gasteiger partial charge in [0, 0.05) is 19.3 Å². The highest BCUT2D eigenvalue weighted by Gasteiger charge is 2.39. The van der Waals surface area contributed by atoms with Crippen LogP contribution in [0.1, 0.15) is 118 Å². The molecule has 3 aromatic rings. The summed E-state index contributed by atoms with van der Waals surface area (Å²) in [6.45, 7) is 10.6. The van der Waals surface area contributed by atoms with Crippen molar-refractivity contribution in [1.29, 1.82) is 0 Å². The molecule has 658 valence electrons. The van der Waals surface area contributed by atoms with Crippen molar-refractivity contribution >= 4 is 100 Å². The molecule has 0 unspecified atom stereocenters. The summed E-state index contributed by atoms with van der Waals surface area (Å²) in [7, 11) is 0. The molecule has 0 aliphatic heterocycles. The van der Waals surface area contributed by atoms with E-state index in [0.717, 1.165) is 13.8 Å². The van der Waals surface area contributed by atoms with Gasteiger partial charge >= 0.3 is 5.97 Å². The zero-order chi connectivity index (χ0) is 89.7. The number of carbonyl (C=O) groups is 17. The third kappa shape index (κ3) is 36.2. The first-order chi connectivity index (χ1) is 55.9. The number of benzene rings is 3. The van der Waals surface area contributed by atoms with E-state index >= 15 is 0 Å². The van der Waals surface area contributed by atoms with Gasteiger partial charge < -0.3 is 133 Å². The zero-order valence-corrected chi connectivity index (χ0v) is 68.0. The number of aliphatic carboxylic acids is 1. The number of primary amides is 1. The summed E-state index contributed by atoms with van der Waals surface area (Å²) in [6.07, 6.45) is -6.33. The number of carboxylic acids is 1. The number of hydrogen-bond donors (Lipinski definition) is 25. The molecule has 0 bridgehead atoms. The molecule has 0 aromatic heterocycles. The van der Waals surface area contributed by atoms with Gasteiger partial charge in [-0.15, -0.1) is 0 Å². The molecule has 0 aliphatic carbocycles. The number of aromatic hydroxyl groups is 2. The number of carboxylic acid groups (broad SMARTS) is 1. The van der Waals surface area contributed by atoms with Crippen LogP contribution >= 0.6 is 0 Å². The molecule has 0 spiro atoms. The van der Waals surface area contributed by atoms with Crippen molar-refractivity contribution < 1.29 is 117 Å². The Morgan fingerprint density at radius 2 is 0.697 bits per heavy atom. The van der Waals surface area contributed by atoms with Crippen molar-refractivity contribution in [2.24, 2.45) is 35.0 Å². The van der Waals surface area contributed by atoms with Gasteiger partial charge in [-0.3, -0.25) is 76.7 Å². The van der Waals surface area contributed by atoms with E-state index in [1.54, 1.807) is 71.9 Å². The van der Waals surface area contributed by atoms with E-state index in [9.17, 15) is 117 Å². The number of aliphatic hydroxyl groups excluding tert-OH is 4. The topological polar surface area (TPSA) is 690 Å². The van der Waals surface area contributed by atoms with Crippen LogP contribution in [-0.2, 0) is 101 Å². The third-order valence-electron chi connectivity index (χ3n) is 18.1. The number of nitrogens with one attached hydrogen (secondary N) is 15. The van der Waals surface area contributed by atoms with E-state index in [0.29, 0.717) is 23.1 Å². The van der Waals surface area contributed by atoms with Crippen molar-refractivity contribution in [2.75, 3.05) is 32.8 Å². The average molecular weight is 1680 g/mol. The molecule has 3 aromatic carbocycles. The standard InChI is InChI=1S/C77H116N18O24/c1-37(2)28-50(71(112)95-64(43(10)99)76(117)92-60(38(3)4)73(114)93-61(39(5)6)77(118)119)88-69(110)49(18-14-15-27-78)86-74(115)62(41(8)97)91-59(105)35-83-68(109)55(36-96)85-58(104)34-82-67(108)52(29-44-16-12-11-13-17-44)90-75(116)63(42(9)98)94-72(113)53(31-46-21-25-48(101)26-22-46)84-57(103)33-81-66(107)51(30-45-19-23-47(100)24-20-45)89-70(111)54(32-56(80)102)87-65(106)40(7)79/h11-13,16-17,19-26,37-43,49-55,60-64,96-101H,14-15,18,27-36,78-79H2,1-10H3,(H2,80,102)(H,81,107)(H,82,108)(H,83,109)(H,84,103)(H,85,104)(H,86,115)(H,87,106)(H,88,110)(H,89,111)(H,90,116)(H,91,105)(H,92,117)(H,93,114)(H,94,113)(H,95,112)(H,118,119)/t40-,41+,42+,43+,49-,50-,51-,52-,53-,54-,55-,60-,61-,62-,63-,64-/m0/s1. The Kier molecular flexibility index (Phi) is 43.0. The normalized spacial score (nSPS) is 15.2. The number of phenolic OH excluding ortho intramolecular Hbond substituents is 2. The predicted molar refractivity (Wildman–Crippen MR) is 425 cm³/mol. The second kappa shape index (κ2) is 50.6. The van der Waals surface area contributed by atoms with Gasteiger partial charge in [0.1, 0.15) is 84.0 Å². The number of amides is 16. The van der Waals surface area contributed by atoms with Gasteiger partial charge in [0.2, 0.25) is 94.5 Å². The number of carbonyl (C=O) groups excluding carboxylic acids is 16. The molecule has 42 heteroatoms. The lowest BCUT2D eigenvalue weighted by atomic mass is 9.99. The summed E-state index contributed by atoms with van der Waals surface area (Å²) in [4.78, 5) is 230. The van der Waals surface area contributed by atoms with Gasteiger partial charge in [-0.1, -0.05) is 96.1 Å². The molecule has 0 heterocycles. The summed E-state index contributed by atoms with van der Waals surface area (Å²) in [6, 6.07) is -1.67. The van der Waals surface area contributed by atoms with Crippen molar-refractivity contribution in [1.82, 2.24) is 79.8 Å². The molecule has 42 nitrogen and oxygen atoms in total. The molecule has 0 fully saturated rings. The first-order valence-electron chi connectivity index (χ1n) is 38.5. The van der Waals surface area contributed by atoms with Gasteiger partial charge in [-0.25, -0.2) is 4.79 Å². The second-order valence-corrected chi connectivity index (χ2v) is 29.7. The van der Waals surface area contributed by atoms with Gasteiger partial charge in [0.05, 0.1) is 57.0 Å². The third-order valence-corrected chi connectivity index (χ3v) is 18.1. The first-order valence-corrected chi connectivity index (χ1v) is 38.5. The maximum atomic E-state index is 14.3. The summed E-state index contributed by atoms with van der Waals surface area (Å²) in [5, 5.41) is 108. The summed E-state index contributed by atoms with van der Waals surface area (Å²) in [5.41, 5.74) is 17.8. The molecule has 0 radical (unpaired) electrons. The molecule has 3 rings (SSSR count). The van der Waals surface area contributed by atoms with Crippen molar-refractivity contribution in [3.63, 3.8) is 0 Å². The van der Waals surface area contributed by atoms with Crippen LogP contribution in [0.25, 0.3) is 0 Å². The Balaban J connectivity index is 1.77. The minimum Gasteiger partial charge on any atom is -0.508 e. The van der Waals surface area contributed by atoms with Gasteiger partial charge in [-0.05, 0) is 119 Å². The first kappa shape index (κ1) is 101. The number of rotatable bonds is 51. The quantitative estimate of drug-likeness (QED) is 0.0233. The van der Waals surface area contributed by atoms with Crippen LogP contribution in [0.5, 0.6) is 11.5 Å². The Morgan fingerprint density at radius 3 is 1.11 bits per heavy atom. The van der Waals surface area contributed by atoms with E-state index < -0.39 is 242 Å². The monoisotopic (exact) mass is 1680 g/mol. The van der Waals surface area contributed by atoms with E-state index in [2.05, 4.69) is 79.8 Å². The molecule has 16 atom stereocenters. The molecular formula is C77H116N18O24. The van der Waals surface area contributed by atoms with E-state index in [1.807, 2.05) is 0 Å². The summed E-state index contributed by atoms with van der Waals surface area (Å²) < 4.78 is 0. The Labute approximate surface area is 687 Å². The van der Waals surface area contributed by atoms with Crippen molar-refractivity contribution in [2.45, 2.75) is 217 Å². The van der Waals surface area contributed by atoms with E-state index in [4.69, 9.17) is 17.2 Å². The van der Waals surface area contributed by atoms with Crippen LogP contribution in [0, 0.1) is 17.8 Å². The minimum absolute atomic E-state index is 0.0716. The van der Waals surface area contributed by atoms with Crippen LogP contribution in [0.3, 0.4) is 0 Å². The van der Waals surface area contributed by atoms with Gasteiger partial charge in [0.25, 0.3) is 0 Å². The maximum absolute atomic E-state index is 14.3. The Hall–Kier alpha value is -12.0. The molecule has 119 heavy (non-hydrogen) atoms. The molecule has 0 saturated heterocycles.